The van der Waals surface area contributed by atoms with Gasteiger partial charge in [-0.15, -0.1) is 0 Å². The molecule has 0 radical (unpaired) electrons. The van der Waals surface area contributed by atoms with Gasteiger partial charge in [-0.2, -0.15) is 0 Å². The van der Waals surface area contributed by atoms with Crippen LogP contribution in [0, 0.1) is 0 Å². The summed E-state index contributed by atoms with van der Waals surface area (Å²) in [4.78, 5) is 0. The molecule has 4 aliphatic carbocycles. The zero-order chi connectivity index (χ0) is 71.3. The van der Waals surface area contributed by atoms with Crippen molar-refractivity contribution in [3.63, 3.8) is 0 Å². The Hall–Kier alpha value is -9.36. The Morgan fingerprint density at radius 2 is 0.510 bits per heavy atom. The Morgan fingerprint density at radius 3 is 0.940 bits per heavy atom. The largest absolute Gasteiger partial charge is 0.0622 e. The molecule has 12 aromatic rings. The SMILES string of the molecule is CC(C)(C)c1ccc2c(c1)-c1ccc(-c3ccccc3)cc1C2(C)C.CC(C)(C)c1ccc2c(c1)C(C)(C)c1cc(-c3ccccc3)ccc1-2.CC(C)(C)c1cccc2c1-c1ccc(-c3ccccc3)cc1C2(C)C.CC(C)(C)c1cccc2c1C(C)(C)c1cc(-c3ccccc3)ccc1-2. The van der Waals surface area contributed by atoms with Gasteiger partial charge >= 0.3 is 0 Å². The average Bonchev–Trinajstić information content (AvgIpc) is 1.59. The molecule has 0 amide bonds. The number of benzene rings is 12. The first-order chi connectivity index (χ1) is 47.2. The fourth-order valence-electron chi connectivity index (χ4n) is 16.6. The van der Waals surface area contributed by atoms with Crippen LogP contribution in [-0.4, -0.2) is 0 Å². The summed E-state index contributed by atoms with van der Waals surface area (Å²) in [6.07, 6.45) is 0. The molecule has 100 heavy (non-hydrogen) atoms. The second-order valence-electron chi connectivity index (χ2n) is 35.0. The van der Waals surface area contributed by atoms with Crippen molar-refractivity contribution in [1.29, 1.82) is 0 Å². The van der Waals surface area contributed by atoms with Crippen molar-refractivity contribution in [3.05, 3.63) is 334 Å². The van der Waals surface area contributed by atoms with Crippen LogP contribution < -0.4 is 0 Å². The number of rotatable bonds is 4. The van der Waals surface area contributed by atoms with Crippen LogP contribution >= 0.6 is 0 Å². The summed E-state index contributed by atoms with van der Waals surface area (Å²) >= 11 is 0. The first-order valence-electron chi connectivity index (χ1n) is 36.6. The van der Waals surface area contributed by atoms with E-state index in [1.807, 2.05) is 0 Å². The highest BCUT2D eigenvalue weighted by atomic mass is 14.5. The molecule has 0 nitrogen and oxygen atoms in total. The third kappa shape index (κ3) is 12.6. The van der Waals surface area contributed by atoms with E-state index in [1.165, 1.54) is 156 Å². The van der Waals surface area contributed by atoms with Gasteiger partial charge in [0.25, 0.3) is 0 Å². The van der Waals surface area contributed by atoms with Crippen molar-refractivity contribution in [2.24, 2.45) is 0 Å². The topological polar surface area (TPSA) is 0 Å². The van der Waals surface area contributed by atoms with Crippen molar-refractivity contribution < 1.29 is 0 Å². The molecule has 4 aliphatic rings. The lowest BCUT2D eigenvalue weighted by molar-refractivity contribution is 0.557. The Balaban J connectivity index is 0.000000119. The van der Waals surface area contributed by atoms with E-state index in [9.17, 15) is 0 Å². The summed E-state index contributed by atoms with van der Waals surface area (Å²) in [5, 5.41) is 0. The quantitative estimate of drug-likeness (QED) is 0.165. The molecule has 0 bridgehead atoms. The molecule has 0 heteroatoms. The van der Waals surface area contributed by atoms with Gasteiger partial charge < -0.3 is 0 Å². The number of fused-ring (bicyclic) bond motifs is 12. The first-order valence-corrected chi connectivity index (χ1v) is 36.6. The van der Waals surface area contributed by atoms with Gasteiger partial charge in [-0.3, -0.25) is 0 Å². The van der Waals surface area contributed by atoms with E-state index in [0.717, 1.165) is 0 Å². The van der Waals surface area contributed by atoms with Crippen LogP contribution in [0.2, 0.25) is 0 Å². The Morgan fingerprint density at radius 1 is 0.190 bits per heavy atom. The smallest absolute Gasteiger partial charge is 0.0162 e. The lowest BCUT2D eigenvalue weighted by Crippen LogP contribution is -2.23. The summed E-state index contributed by atoms with van der Waals surface area (Å²) in [6, 6.07) is 98.4. The Kier molecular flexibility index (Phi) is 17.5. The van der Waals surface area contributed by atoms with Crippen LogP contribution in [0.15, 0.2) is 267 Å². The van der Waals surface area contributed by atoms with Crippen LogP contribution in [0.4, 0.5) is 0 Å². The molecule has 0 N–H and O–H groups in total. The van der Waals surface area contributed by atoms with E-state index in [1.54, 1.807) is 0 Å². The van der Waals surface area contributed by atoms with Gasteiger partial charge in [0.05, 0.1) is 0 Å². The fourth-order valence-corrected chi connectivity index (χ4v) is 16.6. The second-order valence-corrected chi connectivity index (χ2v) is 35.0. The van der Waals surface area contributed by atoms with Crippen LogP contribution in [0.3, 0.4) is 0 Å². The predicted molar refractivity (Wildman–Crippen MR) is 433 cm³/mol. The van der Waals surface area contributed by atoms with Gasteiger partial charge in [0, 0.05) is 21.7 Å². The van der Waals surface area contributed by atoms with E-state index >= 15 is 0 Å². The molecule has 0 fully saturated rings. The molecule has 504 valence electrons. The van der Waals surface area contributed by atoms with Gasteiger partial charge in [0.15, 0.2) is 0 Å². The van der Waals surface area contributed by atoms with Crippen LogP contribution in [0.25, 0.3) is 89.0 Å². The zero-order valence-corrected chi connectivity index (χ0v) is 63.4. The number of hydrogen-bond donors (Lipinski definition) is 0. The molecule has 0 unspecified atom stereocenters. The first kappa shape index (κ1) is 69.1. The summed E-state index contributed by atoms with van der Waals surface area (Å²) in [5.74, 6) is 0. The summed E-state index contributed by atoms with van der Waals surface area (Å²) in [6.45, 7) is 46.5. The molecule has 0 saturated carbocycles. The van der Waals surface area contributed by atoms with Gasteiger partial charge in [0.1, 0.15) is 0 Å². The number of hydrogen-bond acceptors (Lipinski definition) is 0. The standard InChI is InChI=1S/4C25H26/c1-24(2,3)20-12-9-13-21-23(20)19-15-14-18(16-22(19)25(21,4)5)17-10-7-6-8-11-17;1-24(2,3)21-13-9-12-20-19-15-14-18(17-10-7-6-8-11-17)16-22(19)25(4,5)23(20)21;1-24(2,3)19-12-14-22-21(16-19)20-13-11-18(15-23(20)25(22,4)5)17-9-7-6-8-10-17;1-24(2,3)19-12-14-21-20-13-11-18(17-9-7-6-8-10-17)15-22(20)25(4,5)23(21)16-19/h4*6-16H,1-5H3. The molecule has 0 spiro atoms. The van der Waals surface area contributed by atoms with Crippen molar-refractivity contribution in [2.45, 2.75) is 182 Å². The van der Waals surface area contributed by atoms with Gasteiger partial charge in [-0.05, 0) is 202 Å². The van der Waals surface area contributed by atoms with Crippen LogP contribution in [-0.2, 0) is 43.3 Å². The minimum absolute atomic E-state index is 0.0271. The van der Waals surface area contributed by atoms with Crippen molar-refractivity contribution in [1.82, 2.24) is 0 Å². The summed E-state index contributed by atoms with van der Waals surface area (Å²) in [5.41, 5.74) is 39.8. The maximum Gasteiger partial charge on any atom is 0.0162 e. The Bertz CT molecular complexity index is 5020. The monoisotopic (exact) mass is 1300 g/mol. The second kappa shape index (κ2) is 25.4. The maximum atomic E-state index is 2.43. The van der Waals surface area contributed by atoms with Gasteiger partial charge in [-0.25, -0.2) is 0 Å². The fraction of sp³-hybridized carbons (Fsp3) is 0.280. The molecule has 0 saturated heterocycles. The highest BCUT2D eigenvalue weighted by Crippen LogP contribution is 2.56. The molecule has 0 heterocycles. The molecule has 0 aliphatic heterocycles. The van der Waals surface area contributed by atoms with E-state index in [0.29, 0.717) is 0 Å². The molecule has 12 aromatic carbocycles. The molecule has 0 aromatic heterocycles. The maximum absolute atomic E-state index is 2.43. The van der Waals surface area contributed by atoms with E-state index < -0.39 is 0 Å². The van der Waals surface area contributed by atoms with E-state index in [4.69, 9.17) is 0 Å². The van der Waals surface area contributed by atoms with Crippen LogP contribution in [0.5, 0.6) is 0 Å². The van der Waals surface area contributed by atoms with Crippen molar-refractivity contribution in [3.8, 4) is 89.0 Å². The highest BCUT2D eigenvalue weighted by molar-refractivity contribution is 5.89. The van der Waals surface area contributed by atoms with Gasteiger partial charge in [0.2, 0.25) is 0 Å². The molecule has 0 atom stereocenters. The summed E-state index contributed by atoms with van der Waals surface area (Å²) < 4.78 is 0. The normalized spacial score (nSPS) is 14.9. The minimum Gasteiger partial charge on any atom is -0.0622 e. The van der Waals surface area contributed by atoms with Crippen LogP contribution in [0.1, 0.15) is 205 Å². The molecular formula is C100H104. The third-order valence-electron chi connectivity index (χ3n) is 22.5. The minimum atomic E-state index is 0.0271. The average molecular weight is 1310 g/mol. The third-order valence-corrected chi connectivity index (χ3v) is 22.5. The van der Waals surface area contributed by atoms with Crippen molar-refractivity contribution in [2.75, 3.05) is 0 Å². The van der Waals surface area contributed by atoms with Crippen molar-refractivity contribution >= 4 is 0 Å². The molecule has 16 rings (SSSR count). The van der Waals surface area contributed by atoms with Gasteiger partial charge in [-0.1, -0.05) is 381 Å². The van der Waals surface area contributed by atoms with E-state index in [-0.39, 0.29) is 43.3 Å². The van der Waals surface area contributed by atoms with E-state index in [2.05, 4.69) is 405 Å². The highest BCUT2D eigenvalue weighted by Gasteiger charge is 2.42. The predicted octanol–water partition coefficient (Wildman–Crippen LogP) is 27.8. The summed E-state index contributed by atoms with van der Waals surface area (Å²) in [7, 11) is 0. The lowest BCUT2D eigenvalue weighted by atomic mass is 9.73. The molecular weight excluding hydrogens is 1200 g/mol. The zero-order valence-electron chi connectivity index (χ0n) is 63.4. The Labute approximate surface area is 600 Å². The lowest BCUT2D eigenvalue weighted by Gasteiger charge is -2.30.